The molecule has 1 aliphatic carbocycles. The standard InChI is InChI=1S/C18H23Cl2N3O2/c1-12-4-3-5-13(2)16(12)21-15(24)11-22-6-8-23(9-7-22)17(25)14-10-18(14,19)20/h3-5,14H,6-11H2,1-2H3,(H,21,24)/t14-/m0/s1. The minimum atomic E-state index is -0.875. The summed E-state index contributed by atoms with van der Waals surface area (Å²) in [5.74, 6) is -0.265. The molecule has 25 heavy (non-hydrogen) atoms. The number of aryl methyl sites for hydroxylation is 2. The molecule has 1 saturated carbocycles. The van der Waals surface area contributed by atoms with Gasteiger partial charge in [0.15, 0.2) is 0 Å². The Morgan fingerprint density at radius 1 is 1.16 bits per heavy atom. The number of nitrogens with one attached hydrogen (secondary N) is 1. The van der Waals surface area contributed by atoms with Gasteiger partial charge in [-0.2, -0.15) is 0 Å². The second-order valence-corrected chi connectivity index (χ2v) is 8.48. The van der Waals surface area contributed by atoms with Gasteiger partial charge < -0.3 is 10.2 Å². The molecule has 7 heteroatoms. The van der Waals surface area contributed by atoms with Crippen LogP contribution >= 0.6 is 23.2 Å². The molecular weight excluding hydrogens is 361 g/mol. The highest BCUT2D eigenvalue weighted by Crippen LogP contribution is 2.53. The molecule has 1 aliphatic heterocycles. The van der Waals surface area contributed by atoms with E-state index in [-0.39, 0.29) is 17.7 Å². The second kappa shape index (κ2) is 7.14. The number of alkyl halides is 2. The quantitative estimate of drug-likeness (QED) is 0.812. The summed E-state index contributed by atoms with van der Waals surface area (Å²) < 4.78 is -0.875. The summed E-state index contributed by atoms with van der Waals surface area (Å²) in [4.78, 5) is 28.5. The maximum atomic E-state index is 12.3. The molecule has 0 aromatic heterocycles. The first-order valence-corrected chi connectivity index (χ1v) is 9.28. The zero-order valence-corrected chi connectivity index (χ0v) is 16.0. The van der Waals surface area contributed by atoms with E-state index in [1.807, 2.05) is 32.0 Å². The van der Waals surface area contributed by atoms with E-state index in [9.17, 15) is 9.59 Å². The molecule has 1 heterocycles. The van der Waals surface area contributed by atoms with Crippen molar-refractivity contribution in [1.82, 2.24) is 9.80 Å². The van der Waals surface area contributed by atoms with Gasteiger partial charge in [-0.05, 0) is 31.4 Å². The molecule has 2 amide bonds. The molecule has 1 atom stereocenters. The Kier molecular flexibility index (Phi) is 5.28. The van der Waals surface area contributed by atoms with Crippen LogP contribution in [0.25, 0.3) is 0 Å². The Morgan fingerprint density at radius 3 is 2.24 bits per heavy atom. The number of para-hydroxylation sites is 1. The van der Waals surface area contributed by atoms with Crippen molar-refractivity contribution in [1.29, 1.82) is 0 Å². The monoisotopic (exact) mass is 383 g/mol. The van der Waals surface area contributed by atoms with Crippen molar-refractivity contribution in [3.8, 4) is 0 Å². The first-order chi connectivity index (χ1) is 11.8. The number of anilines is 1. The van der Waals surface area contributed by atoms with Gasteiger partial charge in [-0.25, -0.2) is 0 Å². The summed E-state index contributed by atoms with van der Waals surface area (Å²) in [6.45, 7) is 6.86. The molecule has 0 radical (unpaired) electrons. The van der Waals surface area contributed by atoms with Crippen molar-refractivity contribution in [2.75, 3.05) is 38.0 Å². The molecule has 136 valence electrons. The number of halogens is 2. The number of carbonyl (C=O) groups excluding carboxylic acids is 2. The number of piperazine rings is 1. The van der Waals surface area contributed by atoms with Crippen molar-refractivity contribution in [3.05, 3.63) is 29.3 Å². The minimum Gasteiger partial charge on any atom is -0.340 e. The summed E-state index contributed by atoms with van der Waals surface area (Å²) in [5, 5.41) is 3.00. The van der Waals surface area contributed by atoms with Gasteiger partial charge in [-0.3, -0.25) is 14.5 Å². The second-order valence-electron chi connectivity index (χ2n) is 6.93. The fraction of sp³-hybridized carbons (Fsp3) is 0.556. The van der Waals surface area contributed by atoms with E-state index in [2.05, 4.69) is 10.2 Å². The molecule has 0 spiro atoms. The lowest BCUT2D eigenvalue weighted by Gasteiger charge is -2.34. The highest BCUT2D eigenvalue weighted by atomic mass is 35.5. The number of rotatable bonds is 4. The van der Waals surface area contributed by atoms with Crippen LogP contribution in [0.2, 0.25) is 0 Å². The third-order valence-electron chi connectivity index (χ3n) is 4.92. The van der Waals surface area contributed by atoms with Crippen molar-refractivity contribution in [3.63, 3.8) is 0 Å². The topological polar surface area (TPSA) is 52.7 Å². The Bertz CT molecular complexity index is 665. The van der Waals surface area contributed by atoms with Gasteiger partial charge in [0.2, 0.25) is 11.8 Å². The maximum absolute atomic E-state index is 12.3. The van der Waals surface area contributed by atoms with Crippen LogP contribution in [0.3, 0.4) is 0 Å². The molecule has 1 N–H and O–H groups in total. The van der Waals surface area contributed by atoms with Crippen LogP contribution in [-0.4, -0.2) is 58.7 Å². The van der Waals surface area contributed by atoms with E-state index in [0.29, 0.717) is 39.1 Å². The SMILES string of the molecule is Cc1cccc(C)c1NC(=O)CN1CCN(C(=O)[C@@H]2CC2(Cl)Cl)CC1. The number of carbonyl (C=O) groups is 2. The van der Waals surface area contributed by atoms with Gasteiger partial charge in [0.1, 0.15) is 4.33 Å². The normalized spacial score (nSPS) is 22.6. The number of hydrogen-bond donors (Lipinski definition) is 1. The van der Waals surface area contributed by atoms with Gasteiger partial charge >= 0.3 is 0 Å². The molecule has 2 aliphatic rings. The fourth-order valence-corrected chi connectivity index (χ4v) is 3.72. The van der Waals surface area contributed by atoms with Crippen molar-refractivity contribution in [2.24, 2.45) is 5.92 Å². The first kappa shape index (κ1) is 18.5. The fourth-order valence-electron chi connectivity index (χ4n) is 3.22. The number of amides is 2. The minimum absolute atomic E-state index is 0.0279. The van der Waals surface area contributed by atoms with Gasteiger partial charge in [0.05, 0.1) is 12.5 Å². The Hall–Kier alpha value is -1.30. The van der Waals surface area contributed by atoms with Crippen LogP contribution in [0.5, 0.6) is 0 Å². The number of hydrogen-bond acceptors (Lipinski definition) is 3. The average molecular weight is 384 g/mol. The van der Waals surface area contributed by atoms with Gasteiger partial charge in [-0.1, -0.05) is 18.2 Å². The molecule has 1 aromatic rings. The average Bonchev–Trinajstić information content (AvgIpc) is 3.20. The molecule has 1 aromatic carbocycles. The van der Waals surface area contributed by atoms with Crippen LogP contribution in [0.1, 0.15) is 17.5 Å². The summed E-state index contributed by atoms with van der Waals surface area (Å²) in [6, 6.07) is 5.95. The predicted octanol–water partition coefficient (Wildman–Crippen LogP) is 2.58. The third kappa shape index (κ3) is 4.27. The highest BCUT2D eigenvalue weighted by molar-refractivity contribution is 6.52. The smallest absolute Gasteiger partial charge is 0.238 e. The molecule has 0 bridgehead atoms. The van der Waals surface area contributed by atoms with Crippen LogP contribution in [0.4, 0.5) is 5.69 Å². The lowest BCUT2D eigenvalue weighted by Crippen LogP contribution is -2.51. The Balaban J connectivity index is 1.47. The number of benzene rings is 1. The van der Waals surface area contributed by atoms with E-state index in [0.717, 1.165) is 16.8 Å². The lowest BCUT2D eigenvalue weighted by atomic mass is 10.1. The van der Waals surface area contributed by atoms with Crippen molar-refractivity contribution < 1.29 is 9.59 Å². The molecule has 5 nitrogen and oxygen atoms in total. The Morgan fingerprint density at radius 2 is 1.72 bits per heavy atom. The summed E-state index contributed by atoms with van der Waals surface area (Å²) in [6.07, 6.45) is 0.535. The molecular formula is C18H23Cl2N3O2. The maximum Gasteiger partial charge on any atom is 0.238 e. The molecule has 1 saturated heterocycles. The van der Waals surface area contributed by atoms with E-state index in [1.165, 1.54) is 0 Å². The van der Waals surface area contributed by atoms with Gasteiger partial charge in [0.25, 0.3) is 0 Å². The molecule has 0 unspecified atom stereocenters. The van der Waals surface area contributed by atoms with Crippen molar-refractivity contribution in [2.45, 2.75) is 24.6 Å². The van der Waals surface area contributed by atoms with Crippen LogP contribution < -0.4 is 5.32 Å². The van der Waals surface area contributed by atoms with Crippen LogP contribution in [-0.2, 0) is 9.59 Å². The summed E-state index contributed by atoms with van der Waals surface area (Å²) in [5.41, 5.74) is 2.99. The Labute approximate surface area is 158 Å². The van der Waals surface area contributed by atoms with E-state index in [1.54, 1.807) is 4.90 Å². The van der Waals surface area contributed by atoms with Gasteiger partial charge in [0, 0.05) is 31.9 Å². The van der Waals surface area contributed by atoms with Crippen LogP contribution in [0.15, 0.2) is 18.2 Å². The number of nitrogens with zero attached hydrogens (tertiary/aromatic N) is 2. The first-order valence-electron chi connectivity index (χ1n) is 8.53. The predicted molar refractivity (Wildman–Crippen MR) is 100 cm³/mol. The van der Waals surface area contributed by atoms with E-state index < -0.39 is 4.33 Å². The molecule has 3 rings (SSSR count). The lowest BCUT2D eigenvalue weighted by molar-refractivity contribution is -0.134. The zero-order valence-electron chi connectivity index (χ0n) is 14.5. The van der Waals surface area contributed by atoms with E-state index >= 15 is 0 Å². The summed E-state index contributed by atoms with van der Waals surface area (Å²) >= 11 is 12.0. The zero-order chi connectivity index (χ0) is 18.2. The van der Waals surface area contributed by atoms with Crippen molar-refractivity contribution >= 4 is 40.7 Å². The largest absolute Gasteiger partial charge is 0.340 e. The summed E-state index contributed by atoms with van der Waals surface area (Å²) in [7, 11) is 0. The van der Waals surface area contributed by atoms with Crippen LogP contribution in [0, 0.1) is 19.8 Å². The third-order valence-corrected chi connectivity index (χ3v) is 5.76. The highest BCUT2D eigenvalue weighted by Gasteiger charge is 2.57. The molecule has 2 fully saturated rings. The van der Waals surface area contributed by atoms with Gasteiger partial charge in [-0.15, -0.1) is 23.2 Å². The van der Waals surface area contributed by atoms with E-state index in [4.69, 9.17) is 23.2 Å².